The van der Waals surface area contributed by atoms with Crippen molar-refractivity contribution in [3.8, 4) is 11.5 Å². The Labute approximate surface area is 149 Å². The van der Waals surface area contributed by atoms with Gasteiger partial charge in [-0.3, -0.25) is 4.79 Å². The summed E-state index contributed by atoms with van der Waals surface area (Å²) in [5.41, 5.74) is 0.318. The van der Waals surface area contributed by atoms with E-state index >= 15 is 0 Å². The number of hydrogen-bond acceptors (Lipinski definition) is 7. The number of aromatic nitrogens is 2. The molecule has 0 aliphatic carbocycles. The van der Waals surface area contributed by atoms with Crippen LogP contribution in [0.15, 0.2) is 33.4 Å². The lowest BCUT2D eigenvalue weighted by molar-refractivity contribution is -0.147. The van der Waals surface area contributed by atoms with Crippen molar-refractivity contribution < 1.29 is 23.3 Å². The molecule has 0 saturated heterocycles. The molecule has 8 heteroatoms. The van der Waals surface area contributed by atoms with Crippen LogP contribution in [0.3, 0.4) is 0 Å². The fourth-order valence-corrected chi connectivity index (χ4v) is 2.65. The molecule has 1 unspecified atom stereocenters. The van der Waals surface area contributed by atoms with Crippen LogP contribution >= 0.6 is 0 Å². The summed E-state index contributed by atoms with van der Waals surface area (Å²) in [7, 11) is 1.28. The van der Waals surface area contributed by atoms with Crippen LogP contribution < -0.4 is 5.32 Å². The molecule has 3 heterocycles. The SMILES string of the molecule is CCC(C)(NC(=O)c1cc(-c2ccco2)nc2onc(C)c12)C(=O)OC. The van der Waals surface area contributed by atoms with E-state index < -0.39 is 17.4 Å². The van der Waals surface area contributed by atoms with Crippen molar-refractivity contribution in [2.75, 3.05) is 7.11 Å². The Morgan fingerprint density at radius 1 is 1.38 bits per heavy atom. The Morgan fingerprint density at radius 2 is 2.15 bits per heavy atom. The van der Waals surface area contributed by atoms with Crippen LogP contribution in [0.2, 0.25) is 0 Å². The van der Waals surface area contributed by atoms with E-state index in [2.05, 4.69) is 15.5 Å². The molecule has 1 amide bonds. The first-order valence-corrected chi connectivity index (χ1v) is 8.11. The predicted molar refractivity (Wildman–Crippen MR) is 92.4 cm³/mol. The molecule has 136 valence electrons. The van der Waals surface area contributed by atoms with E-state index in [1.165, 1.54) is 13.4 Å². The summed E-state index contributed by atoms with van der Waals surface area (Å²) in [5, 5.41) is 7.13. The Morgan fingerprint density at radius 3 is 2.77 bits per heavy atom. The van der Waals surface area contributed by atoms with Gasteiger partial charge in [0.05, 0.1) is 30.0 Å². The molecule has 3 rings (SSSR count). The van der Waals surface area contributed by atoms with Gasteiger partial charge >= 0.3 is 5.97 Å². The summed E-state index contributed by atoms with van der Waals surface area (Å²) in [6.45, 7) is 5.12. The second-order valence-corrected chi connectivity index (χ2v) is 6.11. The monoisotopic (exact) mass is 357 g/mol. The maximum Gasteiger partial charge on any atom is 0.331 e. The molecule has 8 nitrogen and oxygen atoms in total. The summed E-state index contributed by atoms with van der Waals surface area (Å²) in [5.74, 6) is -0.487. The minimum atomic E-state index is -1.16. The molecule has 0 bridgehead atoms. The average Bonchev–Trinajstić information content (AvgIpc) is 3.30. The standard InChI is InChI=1S/C18H19N3O5/c1-5-18(3,17(23)24-4)20-15(22)11-9-12(13-7-6-8-25-13)19-16-14(11)10(2)21-26-16/h6-9H,5H2,1-4H3,(H,20,22). The van der Waals surface area contributed by atoms with Crippen LogP contribution in [0.25, 0.3) is 22.6 Å². The molecule has 0 aliphatic heterocycles. The van der Waals surface area contributed by atoms with Crippen LogP contribution in [0.1, 0.15) is 36.3 Å². The molecule has 1 atom stereocenters. The third kappa shape index (κ3) is 2.94. The van der Waals surface area contributed by atoms with Gasteiger partial charge in [0, 0.05) is 0 Å². The summed E-state index contributed by atoms with van der Waals surface area (Å²) < 4.78 is 15.4. The number of aryl methyl sites for hydroxylation is 1. The van der Waals surface area contributed by atoms with E-state index in [1.54, 1.807) is 39.0 Å². The number of nitrogens with one attached hydrogen (secondary N) is 1. The number of nitrogens with zero attached hydrogens (tertiary/aromatic N) is 2. The van der Waals surface area contributed by atoms with Gasteiger partial charge in [-0.05, 0) is 38.5 Å². The second kappa shape index (κ2) is 6.62. The summed E-state index contributed by atoms with van der Waals surface area (Å²) in [6.07, 6.45) is 1.88. The number of fused-ring (bicyclic) bond motifs is 1. The third-order valence-corrected chi connectivity index (χ3v) is 4.37. The topological polar surface area (TPSA) is 107 Å². The van der Waals surface area contributed by atoms with E-state index in [-0.39, 0.29) is 5.71 Å². The number of methoxy groups -OCH3 is 1. The highest BCUT2D eigenvalue weighted by Gasteiger charge is 2.35. The minimum Gasteiger partial charge on any atom is -0.467 e. The minimum absolute atomic E-state index is 0.220. The summed E-state index contributed by atoms with van der Waals surface area (Å²) in [4.78, 5) is 29.4. The summed E-state index contributed by atoms with van der Waals surface area (Å²) in [6, 6.07) is 5.04. The lowest BCUT2D eigenvalue weighted by atomic mass is 9.97. The number of rotatable bonds is 5. The van der Waals surface area contributed by atoms with Crippen molar-refractivity contribution in [3.05, 3.63) is 35.7 Å². The predicted octanol–water partition coefficient (Wildman–Crippen LogP) is 2.86. The molecule has 26 heavy (non-hydrogen) atoms. The lowest BCUT2D eigenvalue weighted by Gasteiger charge is -2.26. The number of esters is 1. The highest BCUT2D eigenvalue weighted by Crippen LogP contribution is 2.28. The maximum atomic E-state index is 13.0. The van der Waals surface area contributed by atoms with Crippen LogP contribution in [0, 0.1) is 6.92 Å². The number of carbonyl (C=O) groups excluding carboxylic acids is 2. The first kappa shape index (κ1) is 17.7. The van der Waals surface area contributed by atoms with E-state index in [9.17, 15) is 9.59 Å². The van der Waals surface area contributed by atoms with E-state index in [1.807, 2.05) is 0 Å². The van der Waals surface area contributed by atoms with Gasteiger partial charge in [-0.2, -0.15) is 0 Å². The second-order valence-electron chi connectivity index (χ2n) is 6.11. The number of pyridine rings is 1. The first-order valence-electron chi connectivity index (χ1n) is 8.11. The van der Waals surface area contributed by atoms with Gasteiger partial charge in [0.15, 0.2) is 5.76 Å². The number of hydrogen-bond donors (Lipinski definition) is 1. The van der Waals surface area contributed by atoms with Crippen LogP contribution in [0.5, 0.6) is 0 Å². The van der Waals surface area contributed by atoms with Crippen molar-refractivity contribution in [1.82, 2.24) is 15.5 Å². The highest BCUT2D eigenvalue weighted by molar-refractivity contribution is 6.08. The highest BCUT2D eigenvalue weighted by atomic mass is 16.5. The van der Waals surface area contributed by atoms with Gasteiger partial charge in [0.25, 0.3) is 11.6 Å². The fraction of sp³-hybridized carbons (Fsp3) is 0.333. The Bertz CT molecular complexity index is 961. The van der Waals surface area contributed by atoms with Crippen molar-refractivity contribution in [2.24, 2.45) is 0 Å². The van der Waals surface area contributed by atoms with Crippen LogP contribution in [-0.4, -0.2) is 34.7 Å². The number of carbonyl (C=O) groups is 2. The first-order chi connectivity index (χ1) is 12.4. The van der Waals surface area contributed by atoms with Crippen LogP contribution in [-0.2, 0) is 9.53 Å². The van der Waals surface area contributed by atoms with E-state index in [0.717, 1.165) is 0 Å². The number of amides is 1. The molecular formula is C18H19N3O5. The van der Waals surface area contributed by atoms with Gasteiger partial charge in [-0.1, -0.05) is 12.1 Å². The molecule has 1 N–H and O–H groups in total. The molecule has 0 radical (unpaired) electrons. The molecule has 0 fully saturated rings. The Balaban J connectivity index is 2.09. The molecule has 0 aliphatic rings. The normalized spacial score (nSPS) is 13.4. The van der Waals surface area contributed by atoms with E-state index in [0.29, 0.717) is 34.5 Å². The fourth-order valence-electron chi connectivity index (χ4n) is 2.65. The van der Waals surface area contributed by atoms with Gasteiger partial charge in [0.2, 0.25) is 0 Å². The van der Waals surface area contributed by atoms with Crippen molar-refractivity contribution in [1.29, 1.82) is 0 Å². The van der Waals surface area contributed by atoms with Gasteiger partial charge in [-0.25, -0.2) is 9.78 Å². The third-order valence-electron chi connectivity index (χ3n) is 4.37. The van der Waals surface area contributed by atoms with Crippen LogP contribution in [0.4, 0.5) is 0 Å². The number of ether oxygens (including phenoxy) is 1. The van der Waals surface area contributed by atoms with Gasteiger partial charge in [0.1, 0.15) is 11.2 Å². The maximum absolute atomic E-state index is 13.0. The smallest absolute Gasteiger partial charge is 0.331 e. The molecule has 0 saturated carbocycles. The largest absolute Gasteiger partial charge is 0.467 e. The molecule has 0 aromatic carbocycles. The van der Waals surface area contributed by atoms with Crippen molar-refractivity contribution in [3.63, 3.8) is 0 Å². The lowest BCUT2D eigenvalue weighted by Crippen LogP contribution is -2.52. The Hall–Kier alpha value is -3.16. The zero-order valence-electron chi connectivity index (χ0n) is 15.0. The van der Waals surface area contributed by atoms with Crippen molar-refractivity contribution in [2.45, 2.75) is 32.7 Å². The van der Waals surface area contributed by atoms with Gasteiger partial charge < -0.3 is 19.0 Å². The average molecular weight is 357 g/mol. The number of furan rings is 1. The van der Waals surface area contributed by atoms with E-state index in [4.69, 9.17) is 13.7 Å². The molecule has 0 spiro atoms. The summed E-state index contributed by atoms with van der Waals surface area (Å²) >= 11 is 0. The molecular weight excluding hydrogens is 338 g/mol. The Kier molecular flexibility index (Phi) is 4.50. The molecule has 3 aromatic heterocycles. The molecule has 3 aromatic rings. The van der Waals surface area contributed by atoms with Crippen molar-refractivity contribution >= 4 is 23.0 Å². The zero-order chi connectivity index (χ0) is 18.9. The zero-order valence-corrected chi connectivity index (χ0v) is 15.0. The van der Waals surface area contributed by atoms with Gasteiger partial charge in [-0.15, -0.1) is 0 Å². The quantitative estimate of drug-likeness (QED) is 0.700.